The van der Waals surface area contributed by atoms with Gasteiger partial charge in [-0.05, 0) is 43.9 Å². The highest BCUT2D eigenvalue weighted by atomic mass is 79.9. The Labute approximate surface area is 99.1 Å². The van der Waals surface area contributed by atoms with Crippen molar-refractivity contribution >= 4 is 15.9 Å². The van der Waals surface area contributed by atoms with Crippen molar-refractivity contribution in [1.82, 2.24) is 0 Å². The molecule has 0 radical (unpaired) electrons. The van der Waals surface area contributed by atoms with Crippen molar-refractivity contribution in [3.8, 4) is 0 Å². The highest BCUT2D eigenvalue weighted by molar-refractivity contribution is 9.10. The maximum atomic E-state index is 9.45. The summed E-state index contributed by atoms with van der Waals surface area (Å²) >= 11 is 3.44. The van der Waals surface area contributed by atoms with Gasteiger partial charge in [-0.25, -0.2) is 0 Å². The third-order valence-electron chi connectivity index (χ3n) is 2.51. The van der Waals surface area contributed by atoms with Gasteiger partial charge in [0.15, 0.2) is 0 Å². The number of hydrogen-bond acceptors (Lipinski definition) is 2. The Bertz CT molecular complexity index is 323. The standard InChI is InChI=1S/C12H17BrO2/c1-8-7-10(3-5-11(8)13)4-6-12(15)9(2)14/h3,5,7,9,12,14-15H,4,6H2,1-2H3. The summed E-state index contributed by atoms with van der Waals surface area (Å²) in [5.41, 5.74) is 2.38. The van der Waals surface area contributed by atoms with E-state index in [0.717, 1.165) is 10.9 Å². The quantitative estimate of drug-likeness (QED) is 0.884. The van der Waals surface area contributed by atoms with Crippen molar-refractivity contribution < 1.29 is 10.2 Å². The van der Waals surface area contributed by atoms with Crippen molar-refractivity contribution in [2.45, 2.75) is 38.9 Å². The lowest BCUT2D eigenvalue weighted by Gasteiger charge is -2.13. The fraction of sp³-hybridized carbons (Fsp3) is 0.500. The van der Waals surface area contributed by atoms with Gasteiger partial charge in [-0.3, -0.25) is 0 Å². The molecular weight excluding hydrogens is 256 g/mol. The maximum absolute atomic E-state index is 9.45. The fourth-order valence-corrected chi connectivity index (χ4v) is 1.66. The fourth-order valence-electron chi connectivity index (χ4n) is 1.42. The van der Waals surface area contributed by atoms with E-state index in [1.54, 1.807) is 6.92 Å². The number of hydrogen-bond donors (Lipinski definition) is 2. The molecule has 1 rings (SSSR count). The summed E-state index contributed by atoms with van der Waals surface area (Å²) in [6.45, 7) is 3.65. The normalized spacial score (nSPS) is 15.0. The first-order chi connectivity index (χ1) is 7.00. The van der Waals surface area contributed by atoms with E-state index in [1.807, 2.05) is 19.1 Å². The average molecular weight is 273 g/mol. The molecule has 2 unspecified atom stereocenters. The summed E-state index contributed by atoms with van der Waals surface area (Å²) in [6, 6.07) is 6.14. The van der Waals surface area contributed by atoms with Crippen LogP contribution in [0.5, 0.6) is 0 Å². The van der Waals surface area contributed by atoms with E-state index >= 15 is 0 Å². The van der Waals surface area contributed by atoms with Gasteiger partial charge in [0.2, 0.25) is 0 Å². The molecule has 0 fully saturated rings. The van der Waals surface area contributed by atoms with Gasteiger partial charge in [0.1, 0.15) is 0 Å². The zero-order valence-corrected chi connectivity index (χ0v) is 10.7. The van der Waals surface area contributed by atoms with Gasteiger partial charge in [0, 0.05) is 4.47 Å². The summed E-state index contributed by atoms with van der Waals surface area (Å²) in [5, 5.41) is 18.6. The molecule has 0 aliphatic rings. The van der Waals surface area contributed by atoms with Crippen LogP contribution in [0.2, 0.25) is 0 Å². The third-order valence-corrected chi connectivity index (χ3v) is 3.40. The molecule has 0 aliphatic heterocycles. The zero-order valence-electron chi connectivity index (χ0n) is 9.07. The molecule has 2 N–H and O–H groups in total. The monoisotopic (exact) mass is 272 g/mol. The number of aliphatic hydroxyl groups excluding tert-OH is 2. The highest BCUT2D eigenvalue weighted by Crippen LogP contribution is 2.18. The molecule has 3 heteroatoms. The van der Waals surface area contributed by atoms with Crippen LogP contribution in [0.3, 0.4) is 0 Å². The van der Waals surface area contributed by atoms with Crippen LogP contribution in [0.25, 0.3) is 0 Å². The van der Waals surface area contributed by atoms with Crippen LogP contribution in [0.4, 0.5) is 0 Å². The second-order valence-electron chi connectivity index (χ2n) is 3.93. The Morgan fingerprint density at radius 1 is 1.33 bits per heavy atom. The number of benzene rings is 1. The summed E-state index contributed by atoms with van der Waals surface area (Å²) in [5.74, 6) is 0. The van der Waals surface area contributed by atoms with E-state index in [4.69, 9.17) is 5.11 Å². The van der Waals surface area contributed by atoms with E-state index < -0.39 is 12.2 Å². The summed E-state index contributed by atoms with van der Waals surface area (Å²) in [4.78, 5) is 0. The zero-order chi connectivity index (χ0) is 11.4. The van der Waals surface area contributed by atoms with Crippen molar-refractivity contribution in [3.63, 3.8) is 0 Å². The van der Waals surface area contributed by atoms with Gasteiger partial charge in [0.25, 0.3) is 0 Å². The molecule has 0 heterocycles. The summed E-state index contributed by atoms with van der Waals surface area (Å²) in [6.07, 6.45) is 0.106. The van der Waals surface area contributed by atoms with E-state index in [-0.39, 0.29) is 0 Å². The SMILES string of the molecule is Cc1cc(CCC(O)C(C)O)ccc1Br. The molecule has 84 valence electrons. The third kappa shape index (κ3) is 3.93. The van der Waals surface area contributed by atoms with Crippen LogP contribution in [0.1, 0.15) is 24.5 Å². The van der Waals surface area contributed by atoms with Gasteiger partial charge in [-0.15, -0.1) is 0 Å². The van der Waals surface area contributed by atoms with Crippen LogP contribution in [-0.4, -0.2) is 22.4 Å². The van der Waals surface area contributed by atoms with Crippen LogP contribution >= 0.6 is 15.9 Å². The van der Waals surface area contributed by atoms with Gasteiger partial charge in [-0.2, -0.15) is 0 Å². The first kappa shape index (κ1) is 12.7. The average Bonchev–Trinajstić information content (AvgIpc) is 2.19. The molecule has 0 bridgehead atoms. The highest BCUT2D eigenvalue weighted by Gasteiger charge is 2.10. The molecule has 2 nitrogen and oxygen atoms in total. The van der Waals surface area contributed by atoms with E-state index in [1.165, 1.54) is 11.1 Å². The minimum atomic E-state index is -0.651. The number of aliphatic hydroxyl groups is 2. The molecule has 1 aromatic carbocycles. The molecule has 2 atom stereocenters. The van der Waals surface area contributed by atoms with Gasteiger partial charge in [0.05, 0.1) is 12.2 Å². The first-order valence-electron chi connectivity index (χ1n) is 5.12. The molecule has 0 saturated heterocycles. The van der Waals surface area contributed by atoms with E-state index in [2.05, 4.69) is 22.0 Å². The van der Waals surface area contributed by atoms with E-state index in [9.17, 15) is 5.11 Å². The molecule has 1 aromatic rings. The predicted molar refractivity (Wildman–Crippen MR) is 64.9 cm³/mol. The van der Waals surface area contributed by atoms with Crippen molar-refractivity contribution in [2.75, 3.05) is 0 Å². The molecule has 0 amide bonds. The second-order valence-corrected chi connectivity index (χ2v) is 4.78. The molecule has 0 saturated carbocycles. The lowest BCUT2D eigenvalue weighted by molar-refractivity contribution is 0.0265. The summed E-state index contributed by atoms with van der Waals surface area (Å²) < 4.78 is 1.10. The topological polar surface area (TPSA) is 40.5 Å². The Balaban J connectivity index is 2.55. The van der Waals surface area contributed by atoms with Crippen LogP contribution in [0.15, 0.2) is 22.7 Å². The van der Waals surface area contributed by atoms with Crippen LogP contribution < -0.4 is 0 Å². The lowest BCUT2D eigenvalue weighted by Crippen LogP contribution is -2.22. The Morgan fingerprint density at radius 3 is 2.53 bits per heavy atom. The summed E-state index contributed by atoms with van der Waals surface area (Å²) in [7, 11) is 0. The molecule has 0 spiro atoms. The Hall–Kier alpha value is -0.380. The Morgan fingerprint density at radius 2 is 2.00 bits per heavy atom. The van der Waals surface area contributed by atoms with E-state index in [0.29, 0.717) is 6.42 Å². The second kappa shape index (κ2) is 5.64. The van der Waals surface area contributed by atoms with Crippen molar-refractivity contribution in [1.29, 1.82) is 0 Å². The molecule has 0 aromatic heterocycles. The number of halogens is 1. The maximum Gasteiger partial charge on any atom is 0.0799 e. The van der Waals surface area contributed by atoms with Crippen LogP contribution in [-0.2, 0) is 6.42 Å². The Kier molecular flexibility index (Phi) is 4.77. The number of aryl methyl sites for hydroxylation is 2. The number of rotatable bonds is 4. The lowest BCUT2D eigenvalue weighted by atomic mass is 10.0. The van der Waals surface area contributed by atoms with Gasteiger partial charge in [-0.1, -0.05) is 28.1 Å². The first-order valence-corrected chi connectivity index (χ1v) is 5.91. The van der Waals surface area contributed by atoms with Gasteiger partial charge >= 0.3 is 0 Å². The molecule has 0 aliphatic carbocycles. The smallest absolute Gasteiger partial charge is 0.0799 e. The largest absolute Gasteiger partial charge is 0.391 e. The van der Waals surface area contributed by atoms with Crippen molar-refractivity contribution in [3.05, 3.63) is 33.8 Å². The molecular formula is C12H17BrO2. The minimum absolute atomic E-state index is 0.596. The molecule has 15 heavy (non-hydrogen) atoms. The minimum Gasteiger partial charge on any atom is -0.391 e. The predicted octanol–water partition coefficient (Wildman–Crippen LogP) is 2.43. The van der Waals surface area contributed by atoms with Crippen molar-refractivity contribution in [2.24, 2.45) is 0 Å². The van der Waals surface area contributed by atoms with Gasteiger partial charge < -0.3 is 10.2 Å². The van der Waals surface area contributed by atoms with Crippen LogP contribution in [0, 0.1) is 6.92 Å².